The lowest BCUT2D eigenvalue weighted by molar-refractivity contribution is 0.469. The van der Waals surface area contributed by atoms with Gasteiger partial charge in [-0.05, 0) is 36.4 Å². The van der Waals surface area contributed by atoms with Gasteiger partial charge >= 0.3 is 0 Å². The molecule has 4 rings (SSSR count). The number of pyridine rings is 1. The zero-order valence-corrected chi connectivity index (χ0v) is 17.3. The fourth-order valence-electron chi connectivity index (χ4n) is 2.58. The number of halogens is 3. The van der Waals surface area contributed by atoms with Crippen LogP contribution >= 0.6 is 39.1 Å². The smallest absolute Gasteiger partial charge is 0.248 e. The molecule has 0 radical (unpaired) electrons. The Labute approximate surface area is 178 Å². The number of hydrogen-bond acceptors (Lipinski definition) is 6. The first-order valence-electron chi connectivity index (χ1n) is 8.06. The van der Waals surface area contributed by atoms with Crippen LogP contribution in [0.2, 0.25) is 10.0 Å². The maximum absolute atomic E-state index is 6.22. The number of nitrogens with zero attached hydrogens (tertiary/aromatic N) is 3. The van der Waals surface area contributed by atoms with Crippen molar-refractivity contribution in [2.24, 2.45) is 0 Å². The van der Waals surface area contributed by atoms with Crippen molar-refractivity contribution >= 4 is 67.2 Å². The SMILES string of the molecule is Nc1c(Nc2cc(Cl)ccc2Cl)ncnc1Oc1ccc(Br)c2cccnc12. The van der Waals surface area contributed by atoms with Gasteiger partial charge in [0.2, 0.25) is 5.88 Å². The van der Waals surface area contributed by atoms with Crippen molar-refractivity contribution in [2.45, 2.75) is 0 Å². The first-order valence-corrected chi connectivity index (χ1v) is 9.61. The maximum Gasteiger partial charge on any atom is 0.248 e. The molecule has 0 bridgehead atoms. The zero-order valence-electron chi connectivity index (χ0n) is 14.2. The van der Waals surface area contributed by atoms with Gasteiger partial charge in [0.15, 0.2) is 11.6 Å². The average Bonchev–Trinajstić information content (AvgIpc) is 2.70. The normalized spacial score (nSPS) is 10.8. The van der Waals surface area contributed by atoms with Crippen LogP contribution in [0.1, 0.15) is 0 Å². The second-order valence-corrected chi connectivity index (χ2v) is 7.44. The average molecular weight is 477 g/mol. The largest absolute Gasteiger partial charge is 0.435 e. The minimum Gasteiger partial charge on any atom is -0.435 e. The summed E-state index contributed by atoms with van der Waals surface area (Å²) < 4.78 is 6.86. The van der Waals surface area contributed by atoms with E-state index in [4.69, 9.17) is 33.7 Å². The summed E-state index contributed by atoms with van der Waals surface area (Å²) in [5.74, 6) is 1.07. The van der Waals surface area contributed by atoms with Crippen molar-refractivity contribution in [1.82, 2.24) is 15.0 Å². The highest BCUT2D eigenvalue weighted by Gasteiger charge is 2.14. The lowest BCUT2D eigenvalue weighted by Gasteiger charge is -2.13. The van der Waals surface area contributed by atoms with E-state index in [1.807, 2.05) is 18.2 Å². The Hall–Kier alpha value is -2.61. The van der Waals surface area contributed by atoms with Gasteiger partial charge in [-0.25, -0.2) is 4.98 Å². The predicted octanol–water partition coefficient (Wildman–Crippen LogP) is 6.21. The summed E-state index contributed by atoms with van der Waals surface area (Å²) in [6, 6.07) is 12.5. The lowest BCUT2D eigenvalue weighted by atomic mass is 10.2. The molecule has 28 heavy (non-hydrogen) atoms. The molecule has 0 saturated heterocycles. The Balaban J connectivity index is 1.70. The van der Waals surface area contributed by atoms with Gasteiger partial charge in [-0.2, -0.15) is 4.98 Å². The van der Waals surface area contributed by atoms with Crippen LogP contribution in [0.25, 0.3) is 10.9 Å². The summed E-state index contributed by atoms with van der Waals surface area (Å²) in [6.07, 6.45) is 3.04. The number of anilines is 3. The number of benzene rings is 2. The van der Waals surface area contributed by atoms with E-state index in [0.717, 1.165) is 9.86 Å². The lowest BCUT2D eigenvalue weighted by Crippen LogP contribution is -2.03. The minimum absolute atomic E-state index is 0.199. The van der Waals surface area contributed by atoms with Gasteiger partial charge in [0.1, 0.15) is 17.5 Å². The van der Waals surface area contributed by atoms with E-state index in [0.29, 0.717) is 32.8 Å². The number of nitrogens with two attached hydrogens (primary N) is 1. The van der Waals surface area contributed by atoms with Crippen molar-refractivity contribution in [2.75, 3.05) is 11.1 Å². The molecule has 4 aromatic rings. The minimum atomic E-state index is 0.199. The fraction of sp³-hybridized carbons (Fsp3) is 0. The predicted molar refractivity (Wildman–Crippen MR) is 116 cm³/mol. The molecule has 0 unspecified atom stereocenters. The molecule has 2 heterocycles. The van der Waals surface area contributed by atoms with Crippen LogP contribution in [-0.4, -0.2) is 15.0 Å². The van der Waals surface area contributed by atoms with Crippen molar-refractivity contribution in [3.05, 3.63) is 69.5 Å². The number of fused-ring (bicyclic) bond motifs is 1. The standard InChI is InChI=1S/C19H12BrCl2N5O/c20-12-4-6-15(17-11(12)2-1-7-24-17)28-19-16(23)18(25-9-26-19)27-14-8-10(21)3-5-13(14)22/h1-9H,23H2,(H,25,26,27). The molecule has 140 valence electrons. The second kappa shape index (κ2) is 7.79. The summed E-state index contributed by atoms with van der Waals surface area (Å²) in [4.78, 5) is 12.7. The molecule has 6 nitrogen and oxygen atoms in total. The first-order chi connectivity index (χ1) is 13.5. The molecule has 0 aliphatic rings. The molecule has 3 N–H and O–H groups in total. The number of nitrogens with one attached hydrogen (secondary N) is 1. The molecule has 0 spiro atoms. The fourth-order valence-corrected chi connectivity index (χ4v) is 3.37. The Morgan fingerprint density at radius 3 is 2.75 bits per heavy atom. The zero-order chi connectivity index (χ0) is 19.7. The van der Waals surface area contributed by atoms with Crippen molar-refractivity contribution in [1.29, 1.82) is 0 Å². The first kappa shape index (κ1) is 18.7. The van der Waals surface area contributed by atoms with E-state index in [9.17, 15) is 0 Å². The van der Waals surface area contributed by atoms with Crippen LogP contribution in [0.4, 0.5) is 17.2 Å². The molecule has 0 aliphatic carbocycles. The number of hydrogen-bond donors (Lipinski definition) is 2. The van der Waals surface area contributed by atoms with Crippen LogP contribution < -0.4 is 15.8 Å². The van der Waals surface area contributed by atoms with E-state index >= 15 is 0 Å². The quantitative estimate of drug-likeness (QED) is 0.364. The monoisotopic (exact) mass is 475 g/mol. The van der Waals surface area contributed by atoms with Crippen molar-refractivity contribution in [3.63, 3.8) is 0 Å². The van der Waals surface area contributed by atoms with Crippen LogP contribution in [-0.2, 0) is 0 Å². The molecule has 0 atom stereocenters. The number of nitrogen functional groups attached to an aromatic ring is 1. The third-order valence-corrected chi connectivity index (χ3v) is 5.17. The topological polar surface area (TPSA) is 86.0 Å². The van der Waals surface area contributed by atoms with Gasteiger partial charge in [0.25, 0.3) is 0 Å². The summed E-state index contributed by atoms with van der Waals surface area (Å²) in [6.45, 7) is 0. The highest BCUT2D eigenvalue weighted by atomic mass is 79.9. The highest BCUT2D eigenvalue weighted by molar-refractivity contribution is 9.10. The number of aromatic nitrogens is 3. The van der Waals surface area contributed by atoms with Crippen molar-refractivity contribution < 1.29 is 4.74 Å². The van der Waals surface area contributed by atoms with E-state index in [2.05, 4.69) is 36.2 Å². The van der Waals surface area contributed by atoms with Gasteiger partial charge in [0, 0.05) is 21.1 Å². The summed E-state index contributed by atoms with van der Waals surface area (Å²) in [5.41, 5.74) is 7.70. The highest BCUT2D eigenvalue weighted by Crippen LogP contribution is 2.37. The Bertz CT molecular complexity index is 1190. The molecule has 0 amide bonds. The van der Waals surface area contributed by atoms with Crippen LogP contribution in [0.3, 0.4) is 0 Å². The molecule has 0 saturated carbocycles. The van der Waals surface area contributed by atoms with Crippen LogP contribution in [0.5, 0.6) is 11.6 Å². The molecule has 2 aromatic heterocycles. The molecule has 9 heteroatoms. The van der Waals surface area contributed by atoms with Gasteiger partial charge < -0.3 is 15.8 Å². The molecule has 0 fully saturated rings. The molecule has 0 aliphatic heterocycles. The Kier molecular flexibility index (Phi) is 5.21. The van der Waals surface area contributed by atoms with E-state index in [1.165, 1.54) is 6.33 Å². The van der Waals surface area contributed by atoms with Gasteiger partial charge in [-0.15, -0.1) is 0 Å². The van der Waals surface area contributed by atoms with E-state index in [1.54, 1.807) is 30.5 Å². The summed E-state index contributed by atoms with van der Waals surface area (Å²) in [5, 5.41) is 4.98. The Morgan fingerprint density at radius 2 is 1.89 bits per heavy atom. The summed E-state index contributed by atoms with van der Waals surface area (Å²) in [7, 11) is 0. The third-order valence-electron chi connectivity index (χ3n) is 3.91. The third kappa shape index (κ3) is 3.69. The van der Waals surface area contributed by atoms with Gasteiger partial charge in [-0.3, -0.25) is 4.98 Å². The van der Waals surface area contributed by atoms with Gasteiger partial charge in [0.05, 0.1) is 10.7 Å². The van der Waals surface area contributed by atoms with Gasteiger partial charge in [-0.1, -0.05) is 45.2 Å². The molecule has 2 aromatic carbocycles. The maximum atomic E-state index is 6.22. The second-order valence-electron chi connectivity index (χ2n) is 5.74. The number of rotatable bonds is 4. The van der Waals surface area contributed by atoms with E-state index < -0.39 is 0 Å². The Morgan fingerprint density at radius 1 is 1.04 bits per heavy atom. The van der Waals surface area contributed by atoms with E-state index in [-0.39, 0.29) is 11.6 Å². The van der Waals surface area contributed by atoms with Crippen LogP contribution in [0, 0.1) is 0 Å². The van der Waals surface area contributed by atoms with Crippen molar-refractivity contribution in [3.8, 4) is 11.6 Å². The number of ether oxygens (including phenoxy) is 1. The summed E-state index contributed by atoms with van der Waals surface area (Å²) >= 11 is 15.7. The van der Waals surface area contributed by atoms with Crippen LogP contribution in [0.15, 0.2) is 59.5 Å². The molecular weight excluding hydrogens is 465 g/mol. The molecular formula is C19H12BrCl2N5O.